The van der Waals surface area contributed by atoms with Crippen LogP contribution in [0.15, 0.2) is 42.5 Å². The smallest absolute Gasteiger partial charge is 0.260 e. The topological polar surface area (TPSA) is 55.8 Å². The van der Waals surface area contributed by atoms with Gasteiger partial charge in [0, 0.05) is 28.4 Å². The number of allylic oxidation sites excluding steroid dienone is 1. The van der Waals surface area contributed by atoms with E-state index in [2.05, 4.69) is 0 Å². The first-order valence-electron chi connectivity index (χ1n) is 8.49. The van der Waals surface area contributed by atoms with Crippen LogP contribution < -0.4 is 4.74 Å². The minimum atomic E-state index is -0.0630. The molecule has 0 aliphatic carbocycles. The zero-order valence-corrected chi connectivity index (χ0v) is 15.5. The number of benzene rings is 1. The fourth-order valence-electron chi connectivity index (χ4n) is 2.56. The summed E-state index contributed by atoms with van der Waals surface area (Å²) in [6.45, 7) is 4.37. The molecule has 1 aromatic heterocycles. The van der Waals surface area contributed by atoms with Gasteiger partial charge in [-0.2, -0.15) is 0 Å². The molecule has 0 saturated carbocycles. The lowest BCUT2D eigenvalue weighted by Gasteiger charge is -2.26. The van der Waals surface area contributed by atoms with Crippen molar-refractivity contribution >= 4 is 29.1 Å². The SMILES string of the molecule is Cc1ccc(C=CC(=O)c2ccc(OCC(=O)N3CCOCC3)cc2)s1. The van der Waals surface area contributed by atoms with Gasteiger partial charge in [-0.25, -0.2) is 0 Å². The summed E-state index contributed by atoms with van der Waals surface area (Å²) in [4.78, 5) is 28.3. The van der Waals surface area contributed by atoms with E-state index in [1.807, 2.05) is 25.1 Å². The highest BCUT2D eigenvalue weighted by Crippen LogP contribution is 2.18. The maximum atomic E-state index is 12.2. The number of hydrogen-bond donors (Lipinski definition) is 0. The minimum absolute atomic E-state index is 0.00900. The molecule has 1 amide bonds. The van der Waals surface area contributed by atoms with Crippen LogP contribution in [-0.4, -0.2) is 49.5 Å². The summed E-state index contributed by atoms with van der Waals surface area (Å²) < 4.78 is 10.8. The molecule has 0 unspecified atom stereocenters. The van der Waals surface area contributed by atoms with E-state index in [1.54, 1.807) is 46.6 Å². The van der Waals surface area contributed by atoms with Crippen LogP contribution in [0.25, 0.3) is 6.08 Å². The summed E-state index contributed by atoms with van der Waals surface area (Å²) in [6.07, 6.45) is 3.40. The number of morpholine rings is 1. The molecule has 1 aliphatic rings. The summed E-state index contributed by atoms with van der Waals surface area (Å²) >= 11 is 1.65. The Balaban J connectivity index is 1.51. The van der Waals surface area contributed by atoms with Crippen molar-refractivity contribution in [2.24, 2.45) is 0 Å². The van der Waals surface area contributed by atoms with Gasteiger partial charge in [0.05, 0.1) is 13.2 Å². The third-order valence-electron chi connectivity index (χ3n) is 4.03. The van der Waals surface area contributed by atoms with E-state index in [1.165, 1.54) is 4.88 Å². The molecule has 0 spiro atoms. The molecule has 26 heavy (non-hydrogen) atoms. The number of carbonyl (C=O) groups is 2. The average Bonchev–Trinajstić information content (AvgIpc) is 3.10. The van der Waals surface area contributed by atoms with Gasteiger partial charge in [-0.15, -0.1) is 11.3 Å². The Labute approximate surface area is 156 Å². The number of aryl methyl sites for hydroxylation is 1. The fourth-order valence-corrected chi connectivity index (χ4v) is 3.34. The molecule has 0 atom stereocenters. The fraction of sp³-hybridized carbons (Fsp3) is 0.300. The van der Waals surface area contributed by atoms with Crippen LogP contribution in [0.3, 0.4) is 0 Å². The van der Waals surface area contributed by atoms with Crippen molar-refractivity contribution in [3.63, 3.8) is 0 Å². The minimum Gasteiger partial charge on any atom is -0.484 e. The second-order valence-corrected chi connectivity index (χ2v) is 7.27. The van der Waals surface area contributed by atoms with E-state index in [4.69, 9.17) is 9.47 Å². The van der Waals surface area contributed by atoms with Crippen molar-refractivity contribution in [3.8, 4) is 5.75 Å². The van der Waals surface area contributed by atoms with E-state index in [-0.39, 0.29) is 18.3 Å². The van der Waals surface area contributed by atoms with Crippen molar-refractivity contribution in [1.82, 2.24) is 4.90 Å². The van der Waals surface area contributed by atoms with Gasteiger partial charge in [0.2, 0.25) is 0 Å². The number of ether oxygens (including phenoxy) is 2. The summed E-state index contributed by atoms with van der Waals surface area (Å²) in [5.41, 5.74) is 0.585. The highest BCUT2D eigenvalue weighted by atomic mass is 32.1. The Morgan fingerprint density at radius 3 is 2.54 bits per heavy atom. The lowest BCUT2D eigenvalue weighted by atomic mass is 10.1. The first kappa shape index (κ1) is 18.4. The van der Waals surface area contributed by atoms with Gasteiger partial charge in [-0.3, -0.25) is 9.59 Å². The summed E-state index contributed by atoms with van der Waals surface area (Å²) in [6, 6.07) is 10.9. The molecular weight excluding hydrogens is 350 g/mol. The zero-order valence-electron chi connectivity index (χ0n) is 14.6. The maximum absolute atomic E-state index is 12.2. The summed E-state index contributed by atoms with van der Waals surface area (Å²) in [5, 5.41) is 0. The average molecular weight is 371 g/mol. The molecule has 1 aliphatic heterocycles. The molecule has 2 aromatic rings. The quantitative estimate of drug-likeness (QED) is 0.578. The van der Waals surface area contributed by atoms with Crippen LogP contribution in [0.5, 0.6) is 5.75 Å². The summed E-state index contributed by atoms with van der Waals surface area (Å²) in [7, 11) is 0. The van der Waals surface area contributed by atoms with Crippen LogP contribution in [0.2, 0.25) is 0 Å². The van der Waals surface area contributed by atoms with E-state index in [9.17, 15) is 9.59 Å². The number of carbonyl (C=O) groups excluding carboxylic acids is 2. The Hall–Kier alpha value is -2.44. The van der Waals surface area contributed by atoms with Crippen LogP contribution in [0, 0.1) is 6.92 Å². The van der Waals surface area contributed by atoms with Crippen LogP contribution >= 0.6 is 11.3 Å². The van der Waals surface area contributed by atoms with Crippen molar-refractivity contribution in [1.29, 1.82) is 0 Å². The first-order valence-corrected chi connectivity index (χ1v) is 9.31. The van der Waals surface area contributed by atoms with Gasteiger partial charge in [-0.05, 0) is 55.5 Å². The third-order valence-corrected chi connectivity index (χ3v) is 4.99. The van der Waals surface area contributed by atoms with E-state index < -0.39 is 0 Å². The van der Waals surface area contributed by atoms with Gasteiger partial charge < -0.3 is 14.4 Å². The standard InChI is InChI=1S/C20H21NO4S/c1-15-2-7-18(26-15)8-9-19(22)16-3-5-17(6-4-16)25-14-20(23)21-10-12-24-13-11-21/h2-9H,10-14H2,1H3. The second-order valence-electron chi connectivity index (χ2n) is 5.95. The van der Waals surface area contributed by atoms with Gasteiger partial charge in [0.1, 0.15) is 5.75 Å². The number of thiophene rings is 1. The van der Waals surface area contributed by atoms with Gasteiger partial charge >= 0.3 is 0 Å². The van der Waals surface area contributed by atoms with E-state index in [0.29, 0.717) is 37.6 Å². The van der Waals surface area contributed by atoms with Crippen LogP contribution in [0.4, 0.5) is 0 Å². The lowest BCUT2D eigenvalue weighted by Crippen LogP contribution is -2.42. The molecule has 5 nitrogen and oxygen atoms in total. The molecular formula is C20H21NO4S. The Morgan fingerprint density at radius 2 is 1.88 bits per heavy atom. The summed E-state index contributed by atoms with van der Waals surface area (Å²) in [5.74, 6) is 0.454. The molecule has 1 aromatic carbocycles. The van der Waals surface area contributed by atoms with Gasteiger partial charge in [0.15, 0.2) is 12.4 Å². The predicted octanol–water partition coefficient (Wildman–Crippen LogP) is 3.19. The molecule has 3 rings (SSSR count). The molecule has 0 bridgehead atoms. The molecule has 0 N–H and O–H groups in total. The lowest BCUT2D eigenvalue weighted by molar-refractivity contribution is -0.137. The molecule has 0 radical (unpaired) electrons. The third kappa shape index (κ3) is 5.03. The Morgan fingerprint density at radius 1 is 1.15 bits per heavy atom. The molecule has 6 heteroatoms. The van der Waals surface area contributed by atoms with Gasteiger partial charge in [0.25, 0.3) is 5.91 Å². The number of ketones is 1. The molecule has 2 heterocycles. The molecule has 1 fully saturated rings. The monoisotopic (exact) mass is 371 g/mol. The van der Waals surface area contributed by atoms with E-state index in [0.717, 1.165) is 4.88 Å². The van der Waals surface area contributed by atoms with Crippen molar-refractivity contribution < 1.29 is 19.1 Å². The van der Waals surface area contributed by atoms with Crippen molar-refractivity contribution in [2.45, 2.75) is 6.92 Å². The molecule has 136 valence electrons. The first-order chi connectivity index (χ1) is 12.6. The van der Waals surface area contributed by atoms with E-state index >= 15 is 0 Å². The zero-order chi connectivity index (χ0) is 18.4. The number of hydrogen-bond acceptors (Lipinski definition) is 5. The van der Waals surface area contributed by atoms with Gasteiger partial charge in [-0.1, -0.05) is 0 Å². The van der Waals surface area contributed by atoms with Crippen LogP contribution in [-0.2, 0) is 9.53 Å². The number of rotatable bonds is 6. The Kier molecular flexibility index (Phi) is 6.20. The van der Waals surface area contributed by atoms with Crippen LogP contribution in [0.1, 0.15) is 20.1 Å². The number of nitrogens with zero attached hydrogens (tertiary/aromatic N) is 1. The highest BCUT2D eigenvalue weighted by molar-refractivity contribution is 7.12. The maximum Gasteiger partial charge on any atom is 0.260 e. The largest absolute Gasteiger partial charge is 0.484 e. The van der Waals surface area contributed by atoms with Crippen molar-refractivity contribution in [2.75, 3.05) is 32.9 Å². The molecule has 1 saturated heterocycles. The van der Waals surface area contributed by atoms with Crippen molar-refractivity contribution in [3.05, 3.63) is 57.8 Å². The second kappa shape index (κ2) is 8.78. The Bertz CT molecular complexity index is 788. The highest BCUT2D eigenvalue weighted by Gasteiger charge is 2.17. The normalized spacial score (nSPS) is 14.6. The predicted molar refractivity (Wildman–Crippen MR) is 102 cm³/mol. The number of amides is 1.